The van der Waals surface area contributed by atoms with Crippen LogP contribution in [0.15, 0.2) is 0 Å². The number of fused-ring (bicyclic) bond motifs is 1. The molecule has 2 nitrogen and oxygen atoms in total. The molecule has 16 heavy (non-hydrogen) atoms. The van der Waals surface area contributed by atoms with Crippen molar-refractivity contribution in [3.63, 3.8) is 0 Å². The predicted octanol–water partition coefficient (Wildman–Crippen LogP) is 2.24. The Morgan fingerprint density at radius 3 is 2.19 bits per heavy atom. The summed E-state index contributed by atoms with van der Waals surface area (Å²) in [4.78, 5) is 2.75. The molecule has 0 bridgehead atoms. The fourth-order valence-corrected chi connectivity index (χ4v) is 4.33. The summed E-state index contributed by atoms with van der Waals surface area (Å²) in [5.41, 5.74) is 6.04. The molecule has 0 aromatic carbocycles. The van der Waals surface area contributed by atoms with Gasteiger partial charge in [-0.25, -0.2) is 0 Å². The van der Waals surface area contributed by atoms with Gasteiger partial charge in [0, 0.05) is 25.7 Å². The van der Waals surface area contributed by atoms with E-state index in [1.165, 1.54) is 64.6 Å². The first-order valence-electron chi connectivity index (χ1n) is 7.29. The second-order valence-electron chi connectivity index (χ2n) is 6.47. The van der Waals surface area contributed by atoms with Crippen LogP contribution < -0.4 is 5.73 Å². The minimum atomic E-state index is 0.520. The molecule has 2 N–H and O–H groups in total. The van der Waals surface area contributed by atoms with Gasteiger partial charge in [0.25, 0.3) is 0 Å². The van der Waals surface area contributed by atoms with Crippen molar-refractivity contribution in [3.05, 3.63) is 0 Å². The van der Waals surface area contributed by atoms with E-state index in [4.69, 9.17) is 5.73 Å². The molecule has 92 valence electrons. The molecule has 3 aliphatic rings. The molecular weight excluding hydrogens is 196 g/mol. The van der Waals surface area contributed by atoms with Crippen LogP contribution in [-0.2, 0) is 0 Å². The lowest BCUT2D eigenvalue weighted by molar-refractivity contribution is 0.220. The van der Waals surface area contributed by atoms with Crippen molar-refractivity contribution in [2.75, 3.05) is 19.6 Å². The maximum Gasteiger partial charge on any atom is 0.00452 e. The Bertz CT molecular complexity index is 221. The molecular formula is C14H26N2. The van der Waals surface area contributed by atoms with Crippen LogP contribution in [0.1, 0.15) is 44.9 Å². The van der Waals surface area contributed by atoms with Crippen molar-refractivity contribution in [3.8, 4) is 0 Å². The van der Waals surface area contributed by atoms with E-state index >= 15 is 0 Å². The highest BCUT2D eigenvalue weighted by molar-refractivity contribution is 4.94. The highest BCUT2D eigenvalue weighted by Crippen LogP contribution is 2.38. The van der Waals surface area contributed by atoms with Crippen molar-refractivity contribution in [2.45, 2.75) is 51.0 Å². The number of nitrogens with two attached hydrogens (primary N) is 1. The molecule has 0 spiro atoms. The summed E-state index contributed by atoms with van der Waals surface area (Å²) in [5, 5.41) is 0. The Morgan fingerprint density at radius 1 is 0.938 bits per heavy atom. The van der Waals surface area contributed by atoms with Crippen LogP contribution in [0, 0.1) is 17.8 Å². The number of nitrogens with zero attached hydrogens (tertiary/aromatic N) is 1. The third-order valence-corrected chi connectivity index (χ3v) is 5.10. The topological polar surface area (TPSA) is 29.3 Å². The van der Waals surface area contributed by atoms with Crippen LogP contribution in [0.4, 0.5) is 0 Å². The van der Waals surface area contributed by atoms with Crippen LogP contribution in [0.25, 0.3) is 0 Å². The van der Waals surface area contributed by atoms with Crippen LogP contribution in [0.2, 0.25) is 0 Å². The second kappa shape index (κ2) is 4.66. The molecule has 2 aliphatic carbocycles. The molecule has 0 amide bonds. The van der Waals surface area contributed by atoms with Gasteiger partial charge in [-0.15, -0.1) is 0 Å². The lowest BCUT2D eigenvalue weighted by Gasteiger charge is -2.27. The van der Waals surface area contributed by atoms with Gasteiger partial charge in [0.15, 0.2) is 0 Å². The van der Waals surface area contributed by atoms with Crippen LogP contribution in [-0.4, -0.2) is 30.6 Å². The molecule has 0 radical (unpaired) electrons. The third kappa shape index (κ3) is 2.28. The van der Waals surface area contributed by atoms with Gasteiger partial charge < -0.3 is 10.6 Å². The average Bonchev–Trinajstić information content (AvgIpc) is 2.76. The highest BCUT2D eigenvalue weighted by Gasteiger charge is 2.39. The van der Waals surface area contributed by atoms with Gasteiger partial charge in [-0.1, -0.05) is 19.3 Å². The smallest absolute Gasteiger partial charge is 0.00452 e. The first-order valence-corrected chi connectivity index (χ1v) is 7.29. The van der Waals surface area contributed by atoms with E-state index in [2.05, 4.69) is 4.90 Å². The second-order valence-corrected chi connectivity index (χ2v) is 6.47. The Labute approximate surface area is 99.6 Å². The largest absolute Gasteiger partial charge is 0.328 e. The maximum atomic E-state index is 6.04. The number of hydrogen-bond donors (Lipinski definition) is 1. The van der Waals surface area contributed by atoms with E-state index in [1.54, 1.807) is 0 Å². The number of rotatable bonds is 2. The summed E-state index contributed by atoms with van der Waals surface area (Å²) >= 11 is 0. The molecule has 1 heterocycles. The van der Waals surface area contributed by atoms with E-state index < -0.39 is 0 Å². The maximum absolute atomic E-state index is 6.04. The van der Waals surface area contributed by atoms with E-state index in [0.29, 0.717) is 6.04 Å². The zero-order valence-corrected chi connectivity index (χ0v) is 10.4. The summed E-state index contributed by atoms with van der Waals surface area (Å²) in [6, 6.07) is 0.520. The van der Waals surface area contributed by atoms with Gasteiger partial charge >= 0.3 is 0 Å². The van der Waals surface area contributed by atoms with E-state index in [-0.39, 0.29) is 0 Å². The summed E-state index contributed by atoms with van der Waals surface area (Å²) in [7, 11) is 0. The van der Waals surface area contributed by atoms with Crippen molar-refractivity contribution >= 4 is 0 Å². The Balaban J connectivity index is 1.47. The van der Waals surface area contributed by atoms with Crippen LogP contribution >= 0.6 is 0 Å². The predicted molar refractivity (Wildman–Crippen MR) is 67.2 cm³/mol. The standard InChI is InChI=1S/C14H26N2/c15-14-6-12-9-16(10-13(12)7-14)8-11-4-2-1-3-5-11/h11-14H,1-10,15H2/t12-,13+,14?. The van der Waals surface area contributed by atoms with E-state index in [9.17, 15) is 0 Å². The fraction of sp³-hybridized carbons (Fsp3) is 1.00. The molecule has 2 saturated carbocycles. The Hall–Kier alpha value is -0.0800. The number of likely N-dealkylation sites (tertiary alicyclic amines) is 1. The fourth-order valence-electron chi connectivity index (χ4n) is 4.33. The Kier molecular flexibility index (Phi) is 3.21. The van der Waals surface area contributed by atoms with Crippen molar-refractivity contribution in [1.29, 1.82) is 0 Å². The van der Waals surface area contributed by atoms with Crippen LogP contribution in [0.3, 0.4) is 0 Å². The molecule has 1 unspecified atom stereocenters. The molecule has 3 atom stereocenters. The monoisotopic (exact) mass is 222 g/mol. The van der Waals surface area contributed by atoms with Crippen LogP contribution in [0.5, 0.6) is 0 Å². The normalized spacial score (nSPS) is 41.4. The quantitative estimate of drug-likeness (QED) is 0.776. The highest BCUT2D eigenvalue weighted by atomic mass is 15.2. The summed E-state index contributed by atoms with van der Waals surface area (Å²) in [5.74, 6) is 2.90. The zero-order chi connectivity index (χ0) is 11.0. The third-order valence-electron chi connectivity index (χ3n) is 5.10. The lowest BCUT2D eigenvalue weighted by atomic mass is 9.89. The molecule has 3 fully saturated rings. The molecule has 2 heteroatoms. The molecule has 0 aromatic heterocycles. The molecule has 3 rings (SSSR count). The minimum absolute atomic E-state index is 0.520. The van der Waals surface area contributed by atoms with Crippen molar-refractivity contribution < 1.29 is 0 Å². The molecule has 1 saturated heterocycles. The van der Waals surface area contributed by atoms with Gasteiger partial charge in [-0.2, -0.15) is 0 Å². The number of hydrogen-bond acceptors (Lipinski definition) is 2. The summed E-state index contributed by atoms with van der Waals surface area (Å²) in [6.07, 6.45) is 10.0. The zero-order valence-electron chi connectivity index (χ0n) is 10.4. The van der Waals surface area contributed by atoms with Gasteiger partial charge in [0.1, 0.15) is 0 Å². The van der Waals surface area contributed by atoms with Gasteiger partial charge in [0.2, 0.25) is 0 Å². The van der Waals surface area contributed by atoms with Gasteiger partial charge in [-0.05, 0) is 43.4 Å². The minimum Gasteiger partial charge on any atom is -0.328 e. The first kappa shape index (κ1) is 11.0. The summed E-state index contributed by atoms with van der Waals surface area (Å²) in [6.45, 7) is 4.10. The molecule has 0 aromatic rings. The van der Waals surface area contributed by atoms with Crippen molar-refractivity contribution in [2.24, 2.45) is 23.5 Å². The van der Waals surface area contributed by atoms with Crippen molar-refractivity contribution in [1.82, 2.24) is 4.90 Å². The van der Waals surface area contributed by atoms with Gasteiger partial charge in [-0.3, -0.25) is 0 Å². The van der Waals surface area contributed by atoms with E-state index in [0.717, 1.165) is 17.8 Å². The first-order chi connectivity index (χ1) is 7.81. The SMILES string of the molecule is NC1C[C@@H]2CN(CC3CCCCC3)C[C@@H]2C1. The average molecular weight is 222 g/mol. The Morgan fingerprint density at radius 2 is 1.56 bits per heavy atom. The molecule has 1 aliphatic heterocycles. The van der Waals surface area contributed by atoms with Gasteiger partial charge in [0.05, 0.1) is 0 Å². The lowest BCUT2D eigenvalue weighted by Crippen LogP contribution is -2.30. The van der Waals surface area contributed by atoms with E-state index in [1.807, 2.05) is 0 Å². The summed E-state index contributed by atoms with van der Waals surface area (Å²) < 4.78 is 0.